The second kappa shape index (κ2) is 3.64. The summed E-state index contributed by atoms with van der Waals surface area (Å²) in [5.74, 6) is 1.63. The van der Waals surface area contributed by atoms with Crippen molar-refractivity contribution in [1.82, 2.24) is 0 Å². The van der Waals surface area contributed by atoms with Gasteiger partial charge in [0.05, 0.1) is 17.7 Å². The molecule has 1 saturated carbocycles. The van der Waals surface area contributed by atoms with Crippen LogP contribution in [-0.2, 0) is 5.54 Å². The zero-order valence-corrected chi connectivity index (χ0v) is 10.5. The molecular formula is C12H14BrNO2. The molecule has 1 aromatic rings. The number of halogens is 1. The summed E-state index contributed by atoms with van der Waals surface area (Å²) in [7, 11) is 0. The maximum Gasteiger partial charge on any atom is 0.175 e. The smallest absolute Gasteiger partial charge is 0.175 e. The molecule has 0 unspecified atom stereocenters. The van der Waals surface area contributed by atoms with Gasteiger partial charge < -0.3 is 15.2 Å². The summed E-state index contributed by atoms with van der Waals surface area (Å²) in [6.07, 6.45) is 3.01. The predicted molar refractivity (Wildman–Crippen MR) is 64.8 cm³/mol. The summed E-state index contributed by atoms with van der Waals surface area (Å²) < 4.78 is 12.3. The zero-order valence-electron chi connectivity index (χ0n) is 8.96. The fourth-order valence-corrected chi connectivity index (χ4v) is 2.83. The van der Waals surface area contributed by atoms with Crippen LogP contribution in [0.25, 0.3) is 0 Å². The van der Waals surface area contributed by atoms with Gasteiger partial charge in [-0.15, -0.1) is 0 Å². The Morgan fingerprint density at radius 2 is 1.94 bits per heavy atom. The molecule has 4 heteroatoms. The largest absolute Gasteiger partial charge is 0.490 e. The number of benzene rings is 1. The van der Waals surface area contributed by atoms with Crippen LogP contribution in [0.2, 0.25) is 0 Å². The number of ether oxygens (including phenoxy) is 2. The van der Waals surface area contributed by atoms with Crippen molar-refractivity contribution >= 4 is 15.9 Å². The molecule has 1 aliphatic carbocycles. The Kier molecular flexibility index (Phi) is 2.37. The van der Waals surface area contributed by atoms with E-state index in [1.165, 1.54) is 0 Å². The molecule has 3 rings (SSSR count). The average Bonchev–Trinajstić information content (AvgIpc) is 3.02. The van der Waals surface area contributed by atoms with E-state index in [1.54, 1.807) is 0 Å². The second-order valence-electron chi connectivity index (χ2n) is 4.46. The fourth-order valence-electron chi connectivity index (χ4n) is 1.99. The SMILES string of the molecule is NC1(c2ccc3c(c2Br)OCCCO3)CC1. The summed E-state index contributed by atoms with van der Waals surface area (Å²) in [5, 5.41) is 0. The third-order valence-electron chi connectivity index (χ3n) is 3.18. The Morgan fingerprint density at radius 1 is 1.19 bits per heavy atom. The maximum atomic E-state index is 6.21. The van der Waals surface area contributed by atoms with Crippen LogP contribution < -0.4 is 15.2 Å². The number of rotatable bonds is 1. The molecular weight excluding hydrogens is 270 g/mol. The number of fused-ring (bicyclic) bond motifs is 1. The second-order valence-corrected chi connectivity index (χ2v) is 5.25. The molecule has 0 atom stereocenters. The first-order valence-corrected chi connectivity index (χ1v) is 6.37. The van der Waals surface area contributed by atoms with Crippen LogP contribution in [-0.4, -0.2) is 13.2 Å². The van der Waals surface area contributed by atoms with E-state index >= 15 is 0 Å². The molecule has 2 N–H and O–H groups in total. The Labute approximate surface area is 103 Å². The summed E-state index contributed by atoms with van der Waals surface area (Å²) in [5.41, 5.74) is 7.20. The lowest BCUT2D eigenvalue weighted by atomic mass is 10.1. The molecule has 86 valence electrons. The highest BCUT2D eigenvalue weighted by Crippen LogP contribution is 2.50. The molecule has 16 heavy (non-hydrogen) atoms. The van der Waals surface area contributed by atoms with E-state index in [0.29, 0.717) is 13.2 Å². The maximum absolute atomic E-state index is 6.21. The van der Waals surface area contributed by atoms with Crippen LogP contribution in [0.1, 0.15) is 24.8 Å². The molecule has 3 nitrogen and oxygen atoms in total. The molecule has 0 spiro atoms. The summed E-state index contributed by atoms with van der Waals surface area (Å²) >= 11 is 3.59. The first-order chi connectivity index (χ1) is 7.71. The van der Waals surface area contributed by atoms with Gasteiger partial charge >= 0.3 is 0 Å². The standard InChI is InChI=1S/C12H14BrNO2/c13-10-8(12(14)4-5-12)2-3-9-11(10)16-7-1-6-15-9/h2-3H,1,4-7,14H2. The van der Waals surface area contributed by atoms with Crippen molar-refractivity contribution in [3.05, 3.63) is 22.2 Å². The van der Waals surface area contributed by atoms with Crippen LogP contribution in [0.4, 0.5) is 0 Å². The highest BCUT2D eigenvalue weighted by molar-refractivity contribution is 9.10. The normalized spacial score (nSPS) is 21.4. The third kappa shape index (κ3) is 1.60. The van der Waals surface area contributed by atoms with Crippen molar-refractivity contribution < 1.29 is 9.47 Å². The van der Waals surface area contributed by atoms with Gasteiger partial charge in [-0.25, -0.2) is 0 Å². The average molecular weight is 284 g/mol. The van der Waals surface area contributed by atoms with Crippen LogP contribution in [0.3, 0.4) is 0 Å². The van der Waals surface area contributed by atoms with E-state index in [0.717, 1.165) is 40.8 Å². The zero-order chi connectivity index (χ0) is 11.2. The quantitative estimate of drug-likeness (QED) is 0.862. The van der Waals surface area contributed by atoms with E-state index in [2.05, 4.69) is 15.9 Å². The van der Waals surface area contributed by atoms with E-state index < -0.39 is 0 Å². The molecule has 0 bridgehead atoms. The third-order valence-corrected chi connectivity index (χ3v) is 3.97. The van der Waals surface area contributed by atoms with E-state index in [-0.39, 0.29) is 5.54 Å². The van der Waals surface area contributed by atoms with E-state index in [4.69, 9.17) is 15.2 Å². The van der Waals surface area contributed by atoms with Crippen LogP contribution in [0.5, 0.6) is 11.5 Å². The fraction of sp³-hybridized carbons (Fsp3) is 0.500. The lowest BCUT2D eigenvalue weighted by molar-refractivity contribution is 0.296. The van der Waals surface area contributed by atoms with Gasteiger partial charge in [0.15, 0.2) is 11.5 Å². The molecule has 1 aliphatic heterocycles. The van der Waals surface area contributed by atoms with Gasteiger partial charge in [-0.05, 0) is 40.4 Å². The van der Waals surface area contributed by atoms with Gasteiger partial charge in [0, 0.05) is 12.0 Å². The van der Waals surface area contributed by atoms with Gasteiger partial charge in [0.25, 0.3) is 0 Å². The molecule has 0 radical (unpaired) electrons. The van der Waals surface area contributed by atoms with Crippen LogP contribution in [0, 0.1) is 0 Å². The summed E-state index contributed by atoms with van der Waals surface area (Å²) in [4.78, 5) is 0. The van der Waals surface area contributed by atoms with Gasteiger partial charge in [-0.3, -0.25) is 0 Å². The van der Waals surface area contributed by atoms with Crippen LogP contribution >= 0.6 is 15.9 Å². The van der Waals surface area contributed by atoms with Crippen molar-refractivity contribution in [2.75, 3.05) is 13.2 Å². The highest BCUT2D eigenvalue weighted by atomic mass is 79.9. The Hall–Kier alpha value is -0.740. The van der Waals surface area contributed by atoms with E-state index in [9.17, 15) is 0 Å². The summed E-state index contributed by atoms with van der Waals surface area (Å²) in [6.45, 7) is 1.42. The minimum Gasteiger partial charge on any atom is -0.490 e. The first kappa shape index (κ1) is 10.4. The number of hydrogen-bond donors (Lipinski definition) is 1. The van der Waals surface area contributed by atoms with Crippen molar-refractivity contribution in [1.29, 1.82) is 0 Å². The Bertz CT molecular complexity index is 429. The van der Waals surface area contributed by atoms with Gasteiger partial charge in [-0.1, -0.05) is 6.07 Å². The van der Waals surface area contributed by atoms with Crippen molar-refractivity contribution in [2.24, 2.45) is 5.73 Å². The lowest BCUT2D eigenvalue weighted by Crippen LogP contribution is -2.19. The lowest BCUT2D eigenvalue weighted by Gasteiger charge is -2.16. The Morgan fingerprint density at radius 3 is 2.69 bits per heavy atom. The van der Waals surface area contributed by atoms with Crippen molar-refractivity contribution in [3.8, 4) is 11.5 Å². The molecule has 1 aromatic carbocycles. The predicted octanol–water partition coefficient (Wildman–Crippen LogP) is 2.56. The monoisotopic (exact) mass is 283 g/mol. The number of nitrogens with two attached hydrogens (primary N) is 1. The summed E-state index contributed by atoms with van der Waals surface area (Å²) in [6, 6.07) is 4.01. The first-order valence-electron chi connectivity index (χ1n) is 5.58. The van der Waals surface area contributed by atoms with E-state index in [1.807, 2.05) is 12.1 Å². The van der Waals surface area contributed by atoms with Gasteiger partial charge in [0.1, 0.15) is 0 Å². The van der Waals surface area contributed by atoms with Crippen LogP contribution in [0.15, 0.2) is 16.6 Å². The topological polar surface area (TPSA) is 44.5 Å². The molecule has 1 fully saturated rings. The minimum absolute atomic E-state index is 0.149. The number of hydrogen-bond acceptors (Lipinski definition) is 3. The van der Waals surface area contributed by atoms with Crippen molar-refractivity contribution in [3.63, 3.8) is 0 Å². The molecule has 0 amide bonds. The van der Waals surface area contributed by atoms with Gasteiger partial charge in [-0.2, -0.15) is 0 Å². The van der Waals surface area contributed by atoms with Crippen molar-refractivity contribution in [2.45, 2.75) is 24.8 Å². The minimum atomic E-state index is -0.149. The molecule has 0 aromatic heterocycles. The molecule has 1 heterocycles. The molecule has 2 aliphatic rings. The Balaban J connectivity index is 2.07. The van der Waals surface area contributed by atoms with Gasteiger partial charge in [0.2, 0.25) is 0 Å². The highest BCUT2D eigenvalue weighted by Gasteiger charge is 2.42. The molecule has 0 saturated heterocycles.